The highest BCUT2D eigenvalue weighted by molar-refractivity contribution is 5.76. The largest absolute Gasteiger partial charge is 0.382 e. The van der Waals surface area contributed by atoms with Gasteiger partial charge in [0.2, 0.25) is 0 Å². The number of hydrogen-bond donors (Lipinski definition) is 2. The molecule has 0 spiro atoms. The summed E-state index contributed by atoms with van der Waals surface area (Å²) in [5.74, 6) is 0. The van der Waals surface area contributed by atoms with E-state index in [9.17, 15) is 10.1 Å². The molecule has 1 unspecified atom stereocenters. The first-order chi connectivity index (χ1) is 9.63. The lowest BCUT2D eigenvalue weighted by Gasteiger charge is -2.16. The first kappa shape index (κ1) is 13.8. The van der Waals surface area contributed by atoms with Gasteiger partial charge in [-0.05, 0) is 36.8 Å². The summed E-state index contributed by atoms with van der Waals surface area (Å²) < 4.78 is 0. The lowest BCUT2D eigenvalue weighted by Crippen LogP contribution is -2.09. The van der Waals surface area contributed by atoms with Crippen LogP contribution < -0.4 is 10.6 Å². The van der Waals surface area contributed by atoms with Gasteiger partial charge in [0.1, 0.15) is 11.4 Å². The van der Waals surface area contributed by atoms with Crippen LogP contribution in [0, 0.1) is 10.1 Å². The molecule has 0 aliphatic heterocycles. The maximum Gasteiger partial charge on any atom is 0.315 e. The van der Waals surface area contributed by atoms with Gasteiger partial charge in [-0.25, -0.2) is 0 Å². The molecule has 1 heterocycles. The minimum atomic E-state index is -0.382. The zero-order valence-electron chi connectivity index (χ0n) is 11.3. The molecule has 1 aromatic heterocycles. The van der Waals surface area contributed by atoms with Crippen molar-refractivity contribution in [3.63, 3.8) is 0 Å². The molecule has 2 aromatic rings. The molecule has 20 heavy (non-hydrogen) atoms. The number of hydrogen-bond acceptors (Lipinski definition) is 5. The zero-order valence-corrected chi connectivity index (χ0v) is 11.3. The third kappa shape index (κ3) is 2.85. The van der Waals surface area contributed by atoms with Crippen molar-refractivity contribution in [1.82, 2.24) is 4.98 Å². The van der Waals surface area contributed by atoms with E-state index >= 15 is 0 Å². The Hall–Kier alpha value is -2.63. The van der Waals surface area contributed by atoms with Crippen molar-refractivity contribution in [2.45, 2.75) is 13.0 Å². The number of nitro groups is 1. The van der Waals surface area contributed by atoms with E-state index in [4.69, 9.17) is 0 Å². The fraction of sp³-hybridized carbons (Fsp3) is 0.214. The molecule has 1 aromatic carbocycles. The van der Waals surface area contributed by atoms with Crippen molar-refractivity contribution in [3.05, 3.63) is 58.4 Å². The monoisotopic (exact) mass is 272 g/mol. The summed E-state index contributed by atoms with van der Waals surface area (Å²) in [5, 5.41) is 17.2. The summed E-state index contributed by atoms with van der Waals surface area (Å²) in [7, 11) is 1.67. The minimum absolute atomic E-state index is 0.0518. The molecule has 1 atom stereocenters. The Kier molecular flexibility index (Phi) is 4.14. The van der Waals surface area contributed by atoms with Crippen LogP contribution in [0.25, 0.3) is 0 Å². The molecule has 2 rings (SSSR count). The molecule has 0 saturated heterocycles. The number of nitrogens with zero attached hydrogens (tertiary/aromatic N) is 2. The Morgan fingerprint density at radius 1 is 1.20 bits per heavy atom. The van der Waals surface area contributed by atoms with Gasteiger partial charge in [0.05, 0.1) is 4.92 Å². The van der Waals surface area contributed by atoms with Crippen molar-refractivity contribution in [3.8, 4) is 0 Å². The van der Waals surface area contributed by atoms with E-state index in [2.05, 4.69) is 15.6 Å². The van der Waals surface area contributed by atoms with Crippen LogP contribution in [0.3, 0.4) is 0 Å². The summed E-state index contributed by atoms with van der Waals surface area (Å²) in [6.07, 6.45) is 3.40. The van der Waals surface area contributed by atoms with E-state index in [0.717, 1.165) is 5.56 Å². The van der Waals surface area contributed by atoms with Crippen LogP contribution in [0.15, 0.2) is 42.7 Å². The molecule has 104 valence electrons. The van der Waals surface area contributed by atoms with Crippen molar-refractivity contribution in [2.24, 2.45) is 0 Å². The predicted octanol–water partition coefficient (Wildman–Crippen LogP) is 3.20. The molecule has 0 radical (unpaired) electrons. The zero-order chi connectivity index (χ0) is 14.5. The molecule has 0 saturated carbocycles. The van der Waals surface area contributed by atoms with Crippen molar-refractivity contribution in [2.75, 3.05) is 17.7 Å². The lowest BCUT2D eigenvalue weighted by molar-refractivity contribution is -0.383. The van der Waals surface area contributed by atoms with Crippen molar-refractivity contribution >= 4 is 17.1 Å². The van der Waals surface area contributed by atoms with Gasteiger partial charge < -0.3 is 10.6 Å². The average molecular weight is 272 g/mol. The first-order valence-electron chi connectivity index (χ1n) is 6.25. The molecule has 6 heteroatoms. The number of nitrogens with one attached hydrogen (secondary N) is 2. The number of aromatic nitrogens is 1. The highest BCUT2D eigenvalue weighted by atomic mass is 16.6. The second-order valence-electron chi connectivity index (χ2n) is 4.36. The summed E-state index contributed by atoms with van der Waals surface area (Å²) >= 11 is 0. The quantitative estimate of drug-likeness (QED) is 0.645. The first-order valence-corrected chi connectivity index (χ1v) is 6.25. The van der Waals surface area contributed by atoms with E-state index < -0.39 is 0 Å². The topological polar surface area (TPSA) is 80.1 Å². The van der Waals surface area contributed by atoms with E-state index in [1.807, 2.05) is 19.1 Å². The van der Waals surface area contributed by atoms with E-state index in [1.165, 1.54) is 0 Å². The summed E-state index contributed by atoms with van der Waals surface area (Å²) in [5.41, 5.74) is 2.05. The normalized spacial score (nSPS) is 11.7. The Bertz CT molecular complexity index is 601. The number of benzene rings is 1. The second-order valence-corrected chi connectivity index (χ2v) is 4.36. The third-order valence-electron chi connectivity index (χ3n) is 3.07. The van der Waals surface area contributed by atoms with E-state index in [0.29, 0.717) is 11.4 Å². The molecular weight excluding hydrogens is 256 g/mol. The third-order valence-corrected chi connectivity index (χ3v) is 3.07. The van der Waals surface area contributed by atoms with Crippen molar-refractivity contribution in [1.29, 1.82) is 0 Å². The Morgan fingerprint density at radius 2 is 1.85 bits per heavy atom. The van der Waals surface area contributed by atoms with Crippen LogP contribution in [0.2, 0.25) is 0 Å². The maximum atomic E-state index is 11.2. The second kappa shape index (κ2) is 6.01. The predicted molar refractivity (Wildman–Crippen MR) is 78.9 cm³/mol. The van der Waals surface area contributed by atoms with Crippen LogP contribution in [-0.2, 0) is 0 Å². The average Bonchev–Trinajstić information content (AvgIpc) is 2.47. The highest BCUT2D eigenvalue weighted by Crippen LogP contribution is 2.34. The van der Waals surface area contributed by atoms with Crippen LogP contribution in [-0.4, -0.2) is 17.0 Å². The van der Waals surface area contributed by atoms with Gasteiger partial charge in [-0.3, -0.25) is 15.1 Å². The lowest BCUT2D eigenvalue weighted by atomic mass is 10.1. The molecule has 0 aliphatic carbocycles. The highest BCUT2D eigenvalue weighted by Gasteiger charge is 2.20. The Balaban J connectivity index is 2.32. The molecule has 0 aliphatic rings. The van der Waals surface area contributed by atoms with Gasteiger partial charge in [0, 0.05) is 25.5 Å². The summed E-state index contributed by atoms with van der Waals surface area (Å²) in [6.45, 7) is 1.95. The van der Waals surface area contributed by atoms with Crippen LogP contribution >= 0.6 is 0 Å². The van der Waals surface area contributed by atoms with Crippen LogP contribution in [0.5, 0.6) is 0 Å². The van der Waals surface area contributed by atoms with E-state index in [1.54, 1.807) is 37.6 Å². The minimum Gasteiger partial charge on any atom is -0.382 e. The van der Waals surface area contributed by atoms with Gasteiger partial charge in [0.15, 0.2) is 0 Å². The van der Waals surface area contributed by atoms with Crippen LogP contribution in [0.4, 0.5) is 17.1 Å². The standard InChI is InChI=1S/C14H16N4O2/c1-10(11-6-8-16-9-7-11)17-13-5-3-4-12(15-2)14(13)18(19)20/h3-10,15,17H,1-2H3. The molecule has 6 nitrogen and oxygen atoms in total. The molecule has 0 bridgehead atoms. The number of anilines is 2. The van der Waals surface area contributed by atoms with E-state index in [-0.39, 0.29) is 16.7 Å². The summed E-state index contributed by atoms with van der Waals surface area (Å²) in [4.78, 5) is 14.8. The van der Waals surface area contributed by atoms with Crippen LogP contribution in [0.1, 0.15) is 18.5 Å². The number of rotatable bonds is 5. The Morgan fingerprint density at radius 3 is 2.45 bits per heavy atom. The van der Waals surface area contributed by atoms with Gasteiger partial charge in [-0.2, -0.15) is 0 Å². The molecule has 2 N–H and O–H groups in total. The molecule has 0 amide bonds. The number of pyridine rings is 1. The van der Waals surface area contributed by atoms with Gasteiger partial charge in [-0.1, -0.05) is 6.07 Å². The SMILES string of the molecule is CNc1cccc(NC(C)c2ccncc2)c1[N+](=O)[O-]. The fourth-order valence-electron chi connectivity index (χ4n) is 2.03. The molecular formula is C14H16N4O2. The fourth-order valence-corrected chi connectivity index (χ4v) is 2.03. The van der Waals surface area contributed by atoms with Gasteiger partial charge in [0.25, 0.3) is 0 Å². The summed E-state index contributed by atoms with van der Waals surface area (Å²) in [6, 6.07) is 8.87. The number of nitro benzene ring substituents is 1. The van der Waals surface area contributed by atoms with Gasteiger partial charge >= 0.3 is 5.69 Å². The smallest absolute Gasteiger partial charge is 0.315 e. The molecule has 0 fully saturated rings. The van der Waals surface area contributed by atoms with Gasteiger partial charge in [-0.15, -0.1) is 0 Å². The number of para-hydroxylation sites is 1. The Labute approximate surface area is 117 Å². The van der Waals surface area contributed by atoms with Crippen molar-refractivity contribution < 1.29 is 4.92 Å². The maximum absolute atomic E-state index is 11.2.